The van der Waals surface area contributed by atoms with Crippen molar-refractivity contribution in [3.8, 4) is 11.3 Å². The van der Waals surface area contributed by atoms with Gasteiger partial charge in [0.2, 0.25) is 5.91 Å². The third-order valence-electron chi connectivity index (χ3n) is 5.80. The Kier molecular flexibility index (Phi) is 5.73. The molecule has 1 aromatic carbocycles. The van der Waals surface area contributed by atoms with Gasteiger partial charge in [-0.1, -0.05) is 35.9 Å². The van der Waals surface area contributed by atoms with Gasteiger partial charge in [-0.3, -0.25) is 9.78 Å². The third kappa shape index (κ3) is 4.16. The molecule has 1 N–H and O–H groups in total. The summed E-state index contributed by atoms with van der Waals surface area (Å²) < 4.78 is 1.83. The predicted molar refractivity (Wildman–Crippen MR) is 124 cm³/mol. The van der Waals surface area contributed by atoms with Crippen molar-refractivity contribution in [2.75, 3.05) is 18.0 Å². The topological polar surface area (TPSA) is 75.4 Å². The maximum atomic E-state index is 12.8. The van der Waals surface area contributed by atoms with Crippen molar-refractivity contribution in [2.45, 2.75) is 19.4 Å². The summed E-state index contributed by atoms with van der Waals surface area (Å²) in [6, 6.07) is 13.5. The molecular formula is C24H23ClN6O. The number of carbonyl (C=O) groups is 1. The molecule has 1 aliphatic rings. The second-order valence-electron chi connectivity index (χ2n) is 7.95. The van der Waals surface area contributed by atoms with Gasteiger partial charge in [0.25, 0.3) is 0 Å². The summed E-state index contributed by atoms with van der Waals surface area (Å²) in [5, 5.41) is 8.41. The number of nitrogens with zero attached hydrogens (tertiary/aromatic N) is 5. The number of benzene rings is 1. The van der Waals surface area contributed by atoms with Gasteiger partial charge >= 0.3 is 0 Å². The Hall–Kier alpha value is -3.45. The quantitative estimate of drug-likeness (QED) is 0.502. The van der Waals surface area contributed by atoms with Crippen LogP contribution in [0.1, 0.15) is 18.4 Å². The van der Waals surface area contributed by atoms with E-state index in [0.717, 1.165) is 47.5 Å². The van der Waals surface area contributed by atoms with E-state index < -0.39 is 0 Å². The number of amides is 1. The molecule has 162 valence electrons. The molecule has 0 bridgehead atoms. The standard InChI is InChI=1S/C24H23ClN6O/c25-20-8-2-1-7-19(20)21-13-22-23(27-10-12-31(22)29-21)30-11-4-6-18(16-30)24(32)28-15-17-5-3-9-26-14-17/h1-3,5,7-10,12-14,18H,4,6,11,15-16H2,(H,28,32). The Morgan fingerprint density at radius 1 is 1.19 bits per heavy atom. The van der Waals surface area contributed by atoms with Gasteiger partial charge in [0.05, 0.1) is 16.6 Å². The van der Waals surface area contributed by atoms with Crippen molar-refractivity contribution in [1.82, 2.24) is 24.9 Å². The number of nitrogens with one attached hydrogen (secondary N) is 1. The number of fused-ring (bicyclic) bond motifs is 1. The molecule has 1 amide bonds. The SMILES string of the molecule is O=C(NCc1cccnc1)C1CCCN(c2nccn3nc(-c4ccccc4Cl)cc23)C1. The number of anilines is 1. The second-order valence-corrected chi connectivity index (χ2v) is 8.36. The van der Waals surface area contributed by atoms with Gasteiger partial charge in [-0.05, 0) is 36.6 Å². The lowest BCUT2D eigenvalue weighted by atomic mass is 9.97. The summed E-state index contributed by atoms with van der Waals surface area (Å²) in [6.07, 6.45) is 8.88. The van der Waals surface area contributed by atoms with Crippen LogP contribution < -0.4 is 10.2 Å². The minimum Gasteiger partial charge on any atom is -0.354 e. The number of piperidine rings is 1. The minimum atomic E-state index is -0.0894. The lowest BCUT2D eigenvalue weighted by Gasteiger charge is -2.33. The van der Waals surface area contributed by atoms with Crippen LogP contribution in [0.2, 0.25) is 5.02 Å². The molecule has 1 saturated heterocycles. The maximum Gasteiger partial charge on any atom is 0.225 e. The van der Waals surface area contributed by atoms with Gasteiger partial charge in [-0.15, -0.1) is 0 Å². The van der Waals surface area contributed by atoms with Gasteiger partial charge in [0, 0.05) is 50.0 Å². The van der Waals surface area contributed by atoms with Crippen molar-refractivity contribution in [1.29, 1.82) is 0 Å². The number of pyridine rings is 1. The molecule has 1 fully saturated rings. The Morgan fingerprint density at radius 2 is 2.09 bits per heavy atom. The fourth-order valence-electron chi connectivity index (χ4n) is 4.17. The molecule has 0 saturated carbocycles. The summed E-state index contributed by atoms with van der Waals surface area (Å²) in [5.74, 6) is 0.812. The molecule has 8 heteroatoms. The van der Waals surface area contributed by atoms with Crippen molar-refractivity contribution >= 4 is 28.8 Å². The van der Waals surface area contributed by atoms with Crippen LogP contribution in [0.15, 0.2) is 67.3 Å². The van der Waals surface area contributed by atoms with E-state index in [9.17, 15) is 4.79 Å². The zero-order valence-corrected chi connectivity index (χ0v) is 18.2. The van der Waals surface area contributed by atoms with Gasteiger partial charge in [-0.25, -0.2) is 9.50 Å². The van der Waals surface area contributed by atoms with Crippen LogP contribution in [0.4, 0.5) is 5.82 Å². The van der Waals surface area contributed by atoms with E-state index in [-0.39, 0.29) is 11.8 Å². The molecule has 4 aromatic rings. The average molecular weight is 447 g/mol. The number of carbonyl (C=O) groups excluding carboxylic acids is 1. The Balaban J connectivity index is 1.35. The van der Waals surface area contributed by atoms with Crippen molar-refractivity contribution in [3.63, 3.8) is 0 Å². The Labute approximate surface area is 191 Å². The van der Waals surface area contributed by atoms with E-state index in [1.165, 1.54) is 0 Å². The fourth-order valence-corrected chi connectivity index (χ4v) is 4.40. The molecular weight excluding hydrogens is 424 g/mol. The van der Waals surface area contributed by atoms with Crippen LogP contribution >= 0.6 is 11.6 Å². The molecule has 0 radical (unpaired) electrons. The molecule has 0 aliphatic carbocycles. The summed E-state index contributed by atoms with van der Waals surface area (Å²) >= 11 is 6.38. The smallest absolute Gasteiger partial charge is 0.225 e. The van der Waals surface area contributed by atoms with Crippen molar-refractivity contribution in [3.05, 3.63) is 77.8 Å². The maximum absolute atomic E-state index is 12.8. The van der Waals surface area contributed by atoms with E-state index >= 15 is 0 Å². The number of rotatable bonds is 5. The summed E-state index contributed by atoms with van der Waals surface area (Å²) in [5.41, 5.74) is 3.58. The van der Waals surface area contributed by atoms with E-state index in [4.69, 9.17) is 16.7 Å². The highest BCUT2D eigenvalue weighted by atomic mass is 35.5. The van der Waals surface area contributed by atoms with Crippen molar-refractivity contribution < 1.29 is 4.79 Å². The first kappa shape index (κ1) is 20.5. The number of hydrogen-bond donors (Lipinski definition) is 1. The van der Waals surface area contributed by atoms with Crippen LogP contribution in [-0.2, 0) is 11.3 Å². The zero-order valence-electron chi connectivity index (χ0n) is 17.5. The minimum absolute atomic E-state index is 0.0655. The number of halogens is 1. The van der Waals surface area contributed by atoms with E-state index in [1.807, 2.05) is 53.2 Å². The van der Waals surface area contributed by atoms with Gasteiger partial charge in [-0.2, -0.15) is 5.10 Å². The number of aromatic nitrogens is 4. The van der Waals surface area contributed by atoms with Crippen LogP contribution in [0.25, 0.3) is 16.8 Å². The molecule has 1 unspecified atom stereocenters. The van der Waals surface area contributed by atoms with E-state index in [0.29, 0.717) is 18.1 Å². The molecule has 7 nitrogen and oxygen atoms in total. The number of hydrogen-bond acceptors (Lipinski definition) is 5. The average Bonchev–Trinajstić information content (AvgIpc) is 3.28. The molecule has 4 heterocycles. The first-order valence-corrected chi connectivity index (χ1v) is 11.1. The van der Waals surface area contributed by atoms with Crippen LogP contribution in [0, 0.1) is 5.92 Å². The van der Waals surface area contributed by atoms with E-state index in [2.05, 4.69) is 20.2 Å². The molecule has 1 aliphatic heterocycles. The summed E-state index contributed by atoms with van der Waals surface area (Å²) in [6.45, 7) is 1.96. The van der Waals surface area contributed by atoms with Gasteiger partial charge in [0.1, 0.15) is 5.52 Å². The molecule has 1 atom stereocenters. The van der Waals surface area contributed by atoms with Crippen LogP contribution in [0.3, 0.4) is 0 Å². The Bertz CT molecular complexity index is 1240. The largest absolute Gasteiger partial charge is 0.354 e. The molecule has 0 spiro atoms. The monoisotopic (exact) mass is 446 g/mol. The Morgan fingerprint density at radius 3 is 2.94 bits per heavy atom. The second kappa shape index (κ2) is 8.96. The lowest BCUT2D eigenvalue weighted by molar-refractivity contribution is -0.125. The van der Waals surface area contributed by atoms with Gasteiger partial charge in [0.15, 0.2) is 5.82 Å². The highest BCUT2D eigenvalue weighted by Gasteiger charge is 2.27. The normalized spacial score (nSPS) is 16.3. The van der Waals surface area contributed by atoms with Crippen LogP contribution in [0.5, 0.6) is 0 Å². The highest BCUT2D eigenvalue weighted by Crippen LogP contribution is 2.31. The zero-order chi connectivity index (χ0) is 21.9. The molecule has 3 aromatic heterocycles. The van der Waals surface area contributed by atoms with Crippen molar-refractivity contribution in [2.24, 2.45) is 5.92 Å². The van der Waals surface area contributed by atoms with Gasteiger partial charge < -0.3 is 10.2 Å². The fraction of sp³-hybridized carbons (Fsp3) is 0.250. The highest BCUT2D eigenvalue weighted by molar-refractivity contribution is 6.33. The van der Waals surface area contributed by atoms with Crippen LogP contribution in [-0.4, -0.2) is 38.6 Å². The predicted octanol–water partition coefficient (Wildman–Crippen LogP) is 3.98. The van der Waals surface area contributed by atoms with E-state index in [1.54, 1.807) is 18.6 Å². The summed E-state index contributed by atoms with van der Waals surface area (Å²) in [7, 11) is 0. The first-order chi connectivity index (χ1) is 15.7. The third-order valence-corrected chi connectivity index (χ3v) is 6.13. The summed E-state index contributed by atoms with van der Waals surface area (Å²) in [4.78, 5) is 23.8. The molecule has 32 heavy (non-hydrogen) atoms. The lowest BCUT2D eigenvalue weighted by Crippen LogP contribution is -2.43. The molecule has 5 rings (SSSR count). The first-order valence-electron chi connectivity index (χ1n) is 10.7.